The molecule has 1 aromatic rings. The quantitative estimate of drug-likeness (QED) is 0.483. The number of benzene rings is 1. The van der Waals surface area contributed by atoms with Crippen LogP contribution in [-0.2, 0) is 0 Å². The minimum absolute atomic E-state index is 0.0426. The summed E-state index contributed by atoms with van der Waals surface area (Å²) in [4.78, 5) is 0. The number of hydrogen-bond acceptors (Lipinski definition) is 3. The van der Waals surface area contributed by atoms with Gasteiger partial charge in [-0.05, 0) is 72.9 Å². The molecule has 0 amide bonds. The standard InChI is InChI=1S/C21H39N3/c1-10-19(4,5)22-16-14-13-15-17(23-20(6,7)11-2)18(16)24-21(8,9)12-3/h13-15,22-24H,10-12H2,1-9H3. The van der Waals surface area contributed by atoms with Crippen LogP contribution in [0.25, 0.3) is 0 Å². The Bertz CT molecular complexity index is 494. The van der Waals surface area contributed by atoms with E-state index >= 15 is 0 Å². The second kappa shape index (κ2) is 7.67. The summed E-state index contributed by atoms with van der Waals surface area (Å²) >= 11 is 0. The van der Waals surface area contributed by atoms with E-state index in [2.05, 4.69) is 96.5 Å². The predicted molar refractivity (Wildman–Crippen MR) is 110 cm³/mol. The van der Waals surface area contributed by atoms with Crippen molar-refractivity contribution >= 4 is 17.1 Å². The monoisotopic (exact) mass is 333 g/mol. The van der Waals surface area contributed by atoms with Crippen LogP contribution in [-0.4, -0.2) is 16.6 Å². The summed E-state index contributed by atoms with van der Waals surface area (Å²) in [7, 11) is 0. The maximum atomic E-state index is 3.77. The van der Waals surface area contributed by atoms with Crippen LogP contribution in [0, 0.1) is 0 Å². The Balaban J connectivity index is 3.32. The Kier molecular flexibility index (Phi) is 6.60. The Morgan fingerprint density at radius 1 is 0.625 bits per heavy atom. The van der Waals surface area contributed by atoms with Gasteiger partial charge in [0.1, 0.15) is 0 Å². The summed E-state index contributed by atoms with van der Waals surface area (Å²) in [5.41, 5.74) is 3.67. The van der Waals surface area contributed by atoms with E-state index in [-0.39, 0.29) is 16.6 Å². The number of para-hydroxylation sites is 1. The highest BCUT2D eigenvalue weighted by Gasteiger charge is 2.24. The van der Waals surface area contributed by atoms with Gasteiger partial charge in [-0.15, -0.1) is 0 Å². The second-order valence-corrected chi connectivity index (χ2v) is 8.82. The van der Waals surface area contributed by atoms with Crippen molar-refractivity contribution in [3.63, 3.8) is 0 Å². The summed E-state index contributed by atoms with van der Waals surface area (Å²) in [5, 5.41) is 11.2. The van der Waals surface area contributed by atoms with Crippen LogP contribution >= 0.6 is 0 Å². The first-order valence-corrected chi connectivity index (χ1v) is 9.43. The molecule has 0 fully saturated rings. The molecule has 0 aliphatic rings. The van der Waals surface area contributed by atoms with E-state index in [1.807, 2.05) is 0 Å². The lowest BCUT2D eigenvalue weighted by Crippen LogP contribution is -2.35. The normalized spacial score (nSPS) is 12.9. The fourth-order valence-corrected chi connectivity index (χ4v) is 2.23. The maximum absolute atomic E-state index is 3.77. The molecule has 0 radical (unpaired) electrons. The van der Waals surface area contributed by atoms with E-state index in [4.69, 9.17) is 0 Å². The van der Waals surface area contributed by atoms with E-state index in [1.54, 1.807) is 0 Å². The molecule has 0 unspecified atom stereocenters. The van der Waals surface area contributed by atoms with Crippen LogP contribution in [0.1, 0.15) is 81.6 Å². The van der Waals surface area contributed by atoms with Crippen LogP contribution in [0.15, 0.2) is 18.2 Å². The van der Waals surface area contributed by atoms with Gasteiger partial charge in [0.05, 0.1) is 17.1 Å². The molecule has 1 rings (SSSR count). The lowest BCUT2D eigenvalue weighted by molar-refractivity contribution is 0.536. The lowest BCUT2D eigenvalue weighted by atomic mass is 9.97. The lowest BCUT2D eigenvalue weighted by Gasteiger charge is -2.35. The first-order valence-electron chi connectivity index (χ1n) is 9.43. The van der Waals surface area contributed by atoms with Crippen molar-refractivity contribution < 1.29 is 0 Å². The number of hydrogen-bond donors (Lipinski definition) is 3. The molecule has 3 N–H and O–H groups in total. The van der Waals surface area contributed by atoms with Crippen LogP contribution in [0.3, 0.4) is 0 Å². The number of nitrogens with one attached hydrogen (secondary N) is 3. The van der Waals surface area contributed by atoms with Crippen LogP contribution in [0.4, 0.5) is 17.1 Å². The van der Waals surface area contributed by atoms with Gasteiger partial charge in [0, 0.05) is 16.6 Å². The van der Waals surface area contributed by atoms with E-state index in [0.29, 0.717) is 0 Å². The van der Waals surface area contributed by atoms with Crippen molar-refractivity contribution in [1.82, 2.24) is 0 Å². The molecular formula is C21H39N3. The molecule has 0 saturated heterocycles. The summed E-state index contributed by atoms with van der Waals surface area (Å²) in [6, 6.07) is 6.48. The Morgan fingerprint density at radius 3 is 1.29 bits per heavy atom. The SMILES string of the molecule is CCC(C)(C)Nc1cccc(NC(C)(C)CC)c1NC(C)(C)CC. The number of rotatable bonds is 9. The minimum atomic E-state index is 0.0426. The predicted octanol–water partition coefficient (Wildman–Crippen LogP) is 6.49. The largest absolute Gasteiger partial charge is 0.378 e. The first-order chi connectivity index (χ1) is 11.0. The molecule has 3 heteroatoms. The fourth-order valence-electron chi connectivity index (χ4n) is 2.23. The van der Waals surface area contributed by atoms with Gasteiger partial charge in [-0.1, -0.05) is 26.8 Å². The highest BCUT2D eigenvalue weighted by Crippen LogP contribution is 2.37. The molecule has 138 valence electrons. The summed E-state index contributed by atoms with van der Waals surface area (Å²) in [5.74, 6) is 0. The Morgan fingerprint density at radius 2 is 0.958 bits per heavy atom. The van der Waals surface area contributed by atoms with E-state index in [1.165, 1.54) is 17.1 Å². The van der Waals surface area contributed by atoms with Gasteiger partial charge >= 0.3 is 0 Å². The molecular weight excluding hydrogens is 294 g/mol. The zero-order valence-corrected chi connectivity index (χ0v) is 17.4. The fraction of sp³-hybridized carbons (Fsp3) is 0.714. The summed E-state index contributed by atoms with van der Waals surface area (Å²) in [6.45, 7) is 20.2. The molecule has 0 aromatic heterocycles. The topological polar surface area (TPSA) is 36.1 Å². The molecule has 0 atom stereocenters. The van der Waals surface area contributed by atoms with Gasteiger partial charge in [-0.25, -0.2) is 0 Å². The highest BCUT2D eigenvalue weighted by atomic mass is 15.1. The van der Waals surface area contributed by atoms with Gasteiger partial charge in [0.25, 0.3) is 0 Å². The van der Waals surface area contributed by atoms with Crippen LogP contribution < -0.4 is 16.0 Å². The molecule has 0 bridgehead atoms. The summed E-state index contributed by atoms with van der Waals surface area (Å²) < 4.78 is 0. The van der Waals surface area contributed by atoms with Crippen molar-refractivity contribution in [2.24, 2.45) is 0 Å². The van der Waals surface area contributed by atoms with Crippen molar-refractivity contribution in [2.75, 3.05) is 16.0 Å². The molecule has 0 saturated carbocycles. The van der Waals surface area contributed by atoms with Crippen molar-refractivity contribution in [3.8, 4) is 0 Å². The molecule has 0 heterocycles. The number of anilines is 3. The van der Waals surface area contributed by atoms with Crippen LogP contribution in [0.2, 0.25) is 0 Å². The Hall–Kier alpha value is -1.38. The van der Waals surface area contributed by atoms with Gasteiger partial charge < -0.3 is 16.0 Å². The van der Waals surface area contributed by atoms with Crippen molar-refractivity contribution in [2.45, 2.75) is 98.2 Å². The van der Waals surface area contributed by atoms with Gasteiger partial charge in [-0.3, -0.25) is 0 Å². The Labute approximate surface area is 150 Å². The first kappa shape index (κ1) is 20.7. The van der Waals surface area contributed by atoms with E-state index in [9.17, 15) is 0 Å². The molecule has 3 nitrogen and oxygen atoms in total. The average Bonchev–Trinajstić information content (AvgIpc) is 2.50. The minimum Gasteiger partial charge on any atom is -0.378 e. The molecule has 1 aromatic carbocycles. The van der Waals surface area contributed by atoms with Crippen molar-refractivity contribution in [3.05, 3.63) is 18.2 Å². The third-order valence-corrected chi connectivity index (χ3v) is 5.13. The molecule has 0 aliphatic heterocycles. The highest BCUT2D eigenvalue weighted by molar-refractivity contribution is 5.84. The maximum Gasteiger partial charge on any atom is 0.0815 e. The smallest absolute Gasteiger partial charge is 0.0815 e. The third kappa shape index (κ3) is 5.92. The molecule has 0 spiro atoms. The van der Waals surface area contributed by atoms with Gasteiger partial charge in [0.2, 0.25) is 0 Å². The van der Waals surface area contributed by atoms with E-state index < -0.39 is 0 Å². The summed E-state index contributed by atoms with van der Waals surface area (Å²) in [6.07, 6.45) is 3.21. The molecule has 24 heavy (non-hydrogen) atoms. The second-order valence-electron chi connectivity index (χ2n) is 8.82. The van der Waals surface area contributed by atoms with Crippen molar-refractivity contribution in [1.29, 1.82) is 0 Å². The van der Waals surface area contributed by atoms with Crippen LogP contribution in [0.5, 0.6) is 0 Å². The van der Waals surface area contributed by atoms with Gasteiger partial charge in [-0.2, -0.15) is 0 Å². The zero-order chi connectivity index (χ0) is 18.6. The van der Waals surface area contributed by atoms with E-state index in [0.717, 1.165) is 19.3 Å². The molecule has 0 aliphatic carbocycles. The third-order valence-electron chi connectivity index (χ3n) is 5.13. The van der Waals surface area contributed by atoms with Gasteiger partial charge in [0.15, 0.2) is 0 Å². The average molecular weight is 334 g/mol. The zero-order valence-electron chi connectivity index (χ0n) is 17.4.